The van der Waals surface area contributed by atoms with Crippen molar-refractivity contribution in [2.75, 3.05) is 7.11 Å². The van der Waals surface area contributed by atoms with Gasteiger partial charge in [0.25, 0.3) is 0 Å². The molecule has 2 atom stereocenters. The Kier molecular flexibility index (Phi) is 6.07. The van der Waals surface area contributed by atoms with Gasteiger partial charge < -0.3 is 9.16 Å². The normalized spacial score (nSPS) is 24.2. The Bertz CT molecular complexity index is 890. The van der Waals surface area contributed by atoms with E-state index in [2.05, 4.69) is 80.7 Å². The summed E-state index contributed by atoms with van der Waals surface area (Å²) in [6.07, 6.45) is 1.26. The fraction of sp³-hybridized carbons (Fsp3) is 0.458. The molecule has 0 heterocycles. The topological polar surface area (TPSA) is 35.5 Å². The lowest BCUT2D eigenvalue weighted by atomic mass is 9.89. The largest absolute Gasteiger partial charge is 0.468 e. The van der Waals surface area contributed by atoms with Crippen LogP contribution in [0.3, 0.4) is 0 Å². The average molecular weight is 522 g/mol. The standard InChI is InChI=1S/C24H31IO3Si/c1-22(2,3)29(5,6)28-24(19-13-8-7-9-14-19)17-23(24,21(26)27-4)16-18-12-10-11-15-20(18)25/h7-15H,16-17H2,1-6H3. The van der Waals surface area contributed by atoms with Crippen molar-refractivity contribution in [2.45, 2.75) is 57.3 Å². The van der Waals surface area contributed by atoms with Gasteiger partial charge in [-0.25, -0.2) is 0 Å². The van der Waals surface area contributed by atoms with Gasteiger partial charge in [0.15, 0.2) is 8.32 Å². The summed E-state index contributed by atoms with van der Waals surface area (Å²) in [5, 5.41) is 0.0421. The van der Waals surface area contributed by atoms with Crippen molar-refractivity contribution in [1.82, 2.24) is 0 Å². The molecule has 1 saturated carbocycles. The third-order valence-corrected chi connectivity index (χ3v) is 12.2. The molecule has 0 amide bonds. The molecule has 2 aromatic rings. The van der Waals surface area contributed by atoms with E-state index in [9.17, 15) is 4.79 Å². The molecule has 0 aromatic heterocycles. The van der Waals surface area contributed by atoms with Crippen molar-refractivity contribution >= 4 is 36.9 Å². The quantitative estimate of drug-likeness (QED) is 0.253. The van der Waals surface area contributed by atoms with Crippen LogP contribution in [0.4, 0.5) is 0 Å². The van der Waals surface area contributed by atoms with Crippen LogP contribution in [0, 0.1) is 8.99 Å². The number of benzene rings is 2. The number of carbonyl (C=O) groups excluding carboxylic acids is 1. The van der Waals surface area contributed by atoms with E-state index in [-0.39, 0.29) is 11.0 Å². The molecule has 29 heavy (non-hydrogen) atoms. The minimum atomic E-state index is -2.15. The molecule has 0 N–H and O–H groups in total. The Morgan fingerprint density at radius 3 is 2.21 bits per heavy atom. The molecule has 2 aromatic carbocycles. The van der Waals surface area contributed by atoms with E-state index in [0.29, 0.717) is 12.8 Å². The first kappa shape index (κ1) is 22.5. The van der Waals surface area contributed by atoms with Crippen LogP contribution in [-0.2, 0) is 26.0 Å². The summed E-state index contributed by atoms with van der Waals surface area (Å²) >= 11 is 2.35. The molecule has 5 heteroatoms. The lowest BCUT2D eigenvalue weighted by Gasteiger charge is -2.41. The number of halogens is 1. The summed E-state index contributed by atoms with van der Waals surface area (Å²) in [5.41, 5.74) is 0.875. The smallest absolute Gasteiger partial charge is 0.315 e. The first-order chi connectivity index (χ1) is 13.5. The SMILES string of the molecule is COC(=O)C1(Cc2ccccc2I)CC1(O[Si](C)(C)C(C)(C)C)c1ccccc1. The molecule has 1 aliphatic rings. The molecule has 2 unspecified atom stereocenters. The summed E-state index contributed by atoms with van der Waals surface area (Å²) in [5.74, 6) is -0.181. The van der Waals surface area contributed by atoms with Crippen molar-refractivity contribution in [2.24, 2.45) is 5.41 Å². The Morgan fingerprint density at radius 1 is 1.07 bits per heavy atom. The number of methoxy groups -OCH3 is 1. The predicted octanol–water partition coefficient (Wildman–Crippen LogP) is 6.31. The van der Waals surface area contributed by atoms with E-state index < -0.39 is 19.3 Å². The van der Waals surface area contributed by atoms with Gasteiger partial charge in [-0.3, -0.25) is 4.79 Å². The molecule has 0 aliphatic heterocycles. The maximum absolute atomic E-state index is 13.2. The lowest BCUT2D eigenvalue weighted by Crippen LogP contribution is -2.47. The molecule has 0 radical (unpaired) electrons. The summed E-state index contributed by atoms with van der Waals surface area (Å²) in [7, 11) is -0.662. The number of rotatable bonds is 6. The van der Waals surface area contributed by atoms with Crippen LogP contribution < -0.4 is 0 Å². The molecular formula is C24H31IO3Si. The van der Waals surface area contributed by atoms with Crippen LogP contribution in [0.5, 0.6) is 0 Å². The fourth-order valence-corrected chi connectivity index (χ4v) is 6.07. The van der Waals surface area contributed by atoms with Gasteiger partial charge in [-0.05, 0) is 64.3 Å². The minimum Gasteiger partial charge on any atom is -0.468 e. The highest BCUT2D eigenvalue weighted by Crippen LogP contribution is 2.69. The zero-order chi connectivity index (χ0) is 21.5. The Balaban J connectivity index is 2.13. The second-order valence-electron chi connectivity index (χ2n) is 9.57. The number of esters is 1. The number of ether oxygens (including phenoxy) is 1. The molecular weight excluding hydrogens is 491 g/mol. The van der Waals surface area contributed by atoms with Crippen molar-refractivity contribution < 1.29 is 14.0 Å². The maximum Gasteiger partial charge on any atom is 0.315 e. The van der Waals surface area contributed by atoms with Gasteiger partial charge in [-0.15, -0.1) is 0 Å². The van der Waals surface area contributed by atoms with E-state index in [1.54, 1.807) is 0 Å². The summed E-state index contributed by atoms with van der Waals surface area (Å²) in [6, 6.07) is 18.5. The molecule has 1 fully saturated rings. The zero-order valence-corrected chi connectivity index (χ0v) is 21.4. The average Bonchev–Trinajstić information content (AvgIpc) is 3.31. The summed E-state index contributed by atoms with van der Waals surface area (Å²) in [4.78, 5) is 13.2. The van der Waals surface area contributed by atoms with E-state index >= 15 is 0 Å². The van der Waals surface area contributed by atoms with Gasteiger partial charge in [-0.1, -0.05) is 69.3 Å². The fourth-order valence-electron chi connectivity index (χ4n) is 3.92. The van der Waals surface area contributed by atoms with Gasteiger partial charge in [0.2, 0.25) is 0 Å². The molecule has 0 bridgehead atoms. The van der Waals surface area contributed by atoms with E-state index in [1.165, 1.54) is 7.11 Å². The van der Waals surface area contributed by atoms with E-state index in [4.69, 9.17) is 9.16 Å². The number of hydrogen-bond acceptors (Lipinski definition) is 3. The van der Waals surface area contributed by atoms with Gasteiger partial charge in [0.1, 0.15) is 5.41 Å². The maximum atomic E-state index is 13.2. The lowest BCUT2D eigenvalue weighted by molar-refractivity contribution is -0.150. The van der Waals surface area contributed by atoms with Crippen LogP contribution in [-0.4, -0.2) is 21.4 Å². The Labute approximate surface area is 189 Å². The monoisotopic (exact) mass is 522 g/mol. The van der Waals surface area contributed by atoms with Crippen LogP contribution in [0.15, 0.2) is 54.6 Å². The second-order valence-corrected chi connectivity index (χ2v) is 15.5. The van der Waals surface area contributed by atoms with Crippen LogP contribution in [0.25, 0.3) is 0 Å². The van der Waals surface area contributed by atoms with Gasteiger partial charge in [0, 0.05) is 9.99 Å². The number of carbonyl (C=O) groups is 1. The highest BCUT2D eigenvalue weighted by molar-refractivity contribution is 14.1. The van der Waals surface area contributed by atoms with Gasteiger partial charge in [0.05, 0.1) is 12.7 Å². The molecule has 3 nitrogen and oxygen atoms in total. The summed E-state index contributed by atoms with van der Waals surface area (Å²) < 4.78 is 13.6. The summed E-state index contributed by atoms with van der Waals surface area (Å²) in [6.45, 7) is 11.2. The first-order valence-electron chi connectivity index (χ1n) is 10.1. The minimum absolute atomic E-state index is 0.0421. The Hall–Kier alpha value is -1.18. The zero-order valence-electron chi connectivity index (χ0n) is 18.2. The van der Waals surface area contributed by atoms with Crippen LogP contribution in [0.1, 0.15) is 38.3 Å². The second kappa shape index (κ2) is 7.82. The third-order valence-electron chi connectivity index (χ3n) is 6.70. The van der Waals surface area contributed by atoms with Gasteiger partial charge in [-0.2, -0.15) is 0 Å². The van der Waals surface area contributed by atoms with Crippen molar-refractivity contribution in [3.05, 3.63) is 69.3 Å². The molecule has 156 valence electrons. The van der Waals surface area contributed by atoms with Crippen LogP contribution in [0.2, 0.25) is 18.1 Å². The Morgan fingerprint density at radius 2 is 1.66 bits per heavy atom. The van der Waals surface area contributed by atoms with E-state index in [0.717, 1.165) is 14.7 Å². The highest BCUT2D eigenvalue weighted by Gasteiger charge is 2.76. The molecule has 0 spiro atoms. The van der Waals surface area contributed by atoms with Crippen LogP contribution >= 0.6 is 22.6 Å². The predicted molar refractivity (Wildman–Crippen MR) is 128 cm³/mol. The number of hydrogen-bond donors (Lipinski definition) is 0. The first-order valence-corrected chi connectivity index (χ1v) is 14.1. The van der Waals surface area contributed by atoms with E-state index in [1.807, 2.05) is 30.3 Å². The van der Waals surface area contributed by atoms with Crippen molar-refractivity contribution in [3.63, 3.8) is 0 Å². The van der Waals surface area contributed by atoms with Crippen molar-refractivity contribution in [1.29, 1.82) is 0 Å². The molecule has 1 aliphatic carbocycles. The van der Waals surface area contributed by atoms with Gasteiger partial charge >= 0.3 is 5.97 Å². The highest BCUT2D eigenvalue weighted by atomic mass is 127. The third kappa shape index (κ3) is 3.93. The van der Waals surface area contributed by atoms with Crippen molar-refractivity contribution in [3.8, 4) is 0 Å². The molecule has 3 rings (SSSR count). The molecule has 0 saturated heterocycles.